The predicted molar refractivity (Wildman–Crippen MR) is 111 cm³/mol. The van der Waals surface area contributed by atoms with E-state index in [4.69, 9.17) is 16.3 Å². The van der Waals surface area contributed by atoms with Gasteiger partial charge in [0.2, 0.25) is 5.91 Å². The summed E-state index contributed by atoms with van der Waals surface area (Å²) in [6, 6.07) is 17.2. The number of aromatic nitrogens is 3. The minimum absolute atomic E-state index is 0.0271. The van der Waals surface area contributed by atoms with Crippen molar-refractivity contribution in [1.29, 1.82) is 0 Å². The molecule has 6 nitrogen and oxygen atoms in total. The summed E-state index contributed by atoms with van der Waals surface area (Å²) in [7, 11) is 0. The zero-order valence-corrected chi connectivity index (χ0v) is 17.0. The molecule has 2 aromatic carbocycles. The average molecular weight is 417 g/mol. The van der Waals surface area contributed by atoms with Crippen LogP contribution in [0.4, 0.5) is 0 Å². The Morgan fingerprint density at radius 2 is 1.89 bits per heavy atom. The number of hydrogen-bond acceptors (Lipinski definition) is 5. The lowest BCUT2D eigenvalue weighted by Gasteiger charge is -2.11. The van der Waals surface area contributed by atoms with Gasteiger partial charge in [-0.25, -0.2) is 0 Å². The molecule has 3 rings (SSSR count). The number of thioether (sulfide) groups is 1. The standard InChI is InChI=1S/C20H21ClN4O2S/c1-2-22-19(26)14-28-20-24-23-18(13-27-17-10-8-16(21)9-11-17)25(20)12-15-6-4-3-5-7-15/h3-11H,2,12-14H2,1H3,(H,22,26). The molecule has 0 spiro atoms. The lowest BCUT2D eigenvalue weighted by Crippen LogP contribution is -2.24. The molecule has 1 N–H and O–H groups in total. The molecule has 0 atom stereocenters. The van der Waals surface area contributed by atoms with Crippen molar-refractivity contribution in [2.24, 2.45) is 0 Å². The second-order valence-electron chi connectivity index (χ2n) is 5.96. The summed E-state index contributed by atoms with van der Waals surface area (Å²) in [5, 5.41) is 12.7. The van der Waals surface area contributed by atoms with Gasteiger partial charge < -0.3 is 10.1 Å². The summed E-state index contributed by atoms with van der Waals surface area (Å²) in [6.07, 6.45) is 0. The highest BCUT2D eigenvalue weighted by Gasteiger charge is 2.15. The number of ether oxygens (including phenoxy) is 1. The normalized spacial score (nSPS) is 10.6. The van der Waals surface area contributed by atoms with E-state index in [-0.39, 0.29) is 12.5 Å². The Hall–Kier alpha value is -2.51. The highest BCUT2D eigenvalue weighted by Crippen LogP contribution is 2.21. The van der Waals surface area contributed by atoms with Crippen LogP contribution in [0.5, 0.6) is 5.75 Å². The van der Waals surface area contributed by atoms with E-state index in [0.29, 0.717) is 40.6 Å². The number of carbonyl (C=O) groups is 1. The van der Waals surface area contributed by atoms with Crippen LogP contribution in [-0.4, -0.2) is 33.0 Å². The SMILES string of the molecule is CCNC(=O)CSc1nnc(COc2ccc(Cl)cc2)n1Cc1ccccc1. The van der Waals surface area contributed by atoms with Crippen LogP contribution in [0.2, 0.25) is 5.02 Å². The molecule has 0 aliphatic heterocycles. The lowest BCUT2D eigenvalue weighted by atomic mass is 10.2. The summed E-state index contributed by atoms with van der Waals surface area (Å²) in [5.41, 5.74) is 1.12. The van der Waals surface area contributed by atoms with Gasteiger partial charge in [0.15, 0.2) is 11.0 Å². The second-order valence-corrected chi connectivity index (χ2v) is 7.33. The number of carbonyl (C=O) groups excluding carboxylic acids is 1. The lowest BCUT2D eigenvalue weighted by molar-refractivity contribution is -0.118. The largest absolute Gasteiger partial charge is 0.486 e. The van der Waals surface area contributed by atoms with Gasteiger partial charge in [-0.05, 0) is 36.8 Å². The van der Waals surface area contributed by atoms with Crippen molar-refractivity contribution in [1.82, 2.24) is 20.1 Å². The number of rotatable bonds is 9. The van der Waals surface area contributed by atoms with Gasteiger partial charge in [-0.3, -0.25) is 9.36 Å². The molecule has 1 heterocycles. The Bertz CT molecular complexity index is 900. The summed E-state index contributed by atoms with van der Waals surface area (Å²) in [4.78, 5) is 11.8. The van der Waals surface area contributed by atoms with E-state index in [1.165, 1.54) is 11.8 Å². The van der Waals surface area contributed by atoms with Crippen LogP contribution in [-0.2, 0) is 17.9 Å². The summed E-state index contributed by atoms with van der Waals surface area (Å²) >= 11 is 7.28. The van der Waals surface area contributed by atoms with E-state index in [2.05, 4.69) is 15.5 Å². The number of benzene rings is 2. The molecule has 0 radical (unpaired) electrons. The molecule has 0 bridgehead atoms. The third-order valence-corrected chi connectivity index (χ3v) is 5.08. The molecule has 1 amide bonds. The van der Waals surface area contributed by atoms with Crippen LogP contribution in [0.15, 0.2) is 59.8 Å². The van der Waals surface area contributed by atoms with Crippen molar-refractivity contribution in [3.05, 3.63) is 71.0 Å². The third-order valence-electron chi connectivity index (χ3n) is 3.86. The highest BCUT2D eigenvalue weighted by molar-refractivity contribution is 7.99. The van der Waals surface area contributed by atoms with Crippen molar-refractivity contribution >= 4 is 29.3 Å². The van der Waals surface area contributed by atoms with E-state index in [1.807, 2.05) is 54.0 Å². The van der Waals surface area contributed by atoms with Gasteiger partial charge in [0.25, 0.3) is 0 Å². The fourth-order valence-electron chi connectivity index (χ4n) is 2.51. The maximum Gasteiger partial charge on any atom is 0.230 e. The first-order valence-corrected chi connectivity index (χ1v) is 10.3. The van der Waals surface area contributed by atoms with Crippen molar-refractivity contribution < 1.29 is 9.53 Å². The molecule has 3 aromatic rings. The Morgan fingerprint density at radius 3 is 2.61 bits per heavy atom. The molecule has 0 unspecified atom stereocenters. The molecule has 0 fully saturated rings. The number of halogens is 1. The Morgan fingerprint density at radius 1 is 1.14 bits per heavy atom. The van der Waals surface area contributed by atoms with Gasteiger partial charge in [-0.15, -0.1) is 10.2 Å². The monoisotopic (exact) mass is 416 g/mol. The topological polar surface area (TPSA) is 69.0 Å². The second kappa shape index (κ2) is 10.1. The van der Waals surface area contributed by atoms with E-state index in [1.54, 1.807) is 12.1 Å². The zero-order valence-electron chi connectivity index (χ0n) is 15.5. The first-order chi connectivity index (χ1) is 13.7. The van der Waals surface area contributed by atoms with Gasteiger partial charge in [0.05, 0.1) is 12.3 Å². The van der Waals surface area contributed by atoms with Crippen molar-refractivity contribution in [2.45, 2.75) is 25.2 Å². The summed E-state index contributed by atoms with van der Waals surface area (Å²) < 4.78 is 7.81. The number of nitrogens with one attached hydrogen (secondary N) is 1. The molecule has 0 saturated carbocycles. The van der Waals surface area contributed by atoms with Gasteiger partial charge in [0.1, 0.15) is 12.4 Å². The fraction of sp³-hybridized carbons (Fsp3) is 0.250. The van der Waals surface area contributed by atoms with Crippen molar-refractivity contribution in [3.8, 4) is 5.75 Å². The fourth-order valence-corrected chi connectivity index (χ4v) is 3.43. The van der Waals surface area contributed by atoms with E-state index >= 15 is 0 Å². The summed E-state index contributed by atoms with van der Waals surface area (Å²) in [5.74, 6) is 1.66. The Kier molecular flexibility index (Phi) is 7.33. The molecular weight excluding hydrogens is 396 g/mol. The van der Waals surface area contributed by atoms with Gasteiger partial charge in [-0.2, -0.15) is 0 Å². The minimum Gasteiger partial charge on any atom is -0.486 e. The molecule has 0 aliphatic rings. The molecule has 8 heteroatoms. The first kappa shape index (κ1) is 20.2. The zero-order chi connectivity index (χ0) is 19.8. The highest BCUT2D eigenvalue weighted by atomic mass is 35.5. The van der Waals surface area contributed by atoms with E-state index in [0.717, 1.165) is 5.56 Å². The van der Waals surface area contributed by atoms with E-state index in [9.17, 15) is 4.79 Å². The van der Waals surface area contributed by atoms with Gasteiger partial charge in [0, 0.05) is 11.6 Å². The average Bonchev–Trinajstić information content (AvgIpc) is 3.08. The molecule has 146 valence electrons. The molecule has 0 saturated heterocycles. The smallest absolute Gasteiger partial charge is 0.230 e. The Labute approximate surface area is 173 Å². The van der Waals surface area contributed by atoms with Crippen LogP contribution in [0.25, 0.3) is 0 Å². The summed E-state index contributed by atoms with van der Waals surface area (Å²) in [6.45, 7) is 3.37. The first-order valence-electron chi connectivity index (χ1n) is 8.89. The van der Waals surface area contributed by atoms with Crippen LogP contribution >= 0.6 is 23.4 Å². The minimum atomic E-state index is -0.0271. The van der Waals surface area contributed by atoms with Crippen LogP contribution in [0, 0.1) is 0 Å². The van der Waals surface area contributed by atoms with Crippen molar-refractivity contribution in [2.75, 3.05) is 12.3 Å². The predicted octanol–water partition coefficient (Wildman–Crippen LogP) is 3.79. The maximum absolute atomic E-state index is 11.8. The number of nitrogens with zero attached hydrogens (tertiary/aromatic N) is 3. The quantitative estimate of drug-likeness (QED) is 0.537. The molecular formula is C20H21ClN4O2S. The Balaban J connectivity index is 1.75. The van der Waals surface area contributed by atoms with Crippen molar-refractivity contribution in [3.63, 3.8) is 0 Å². The van der Waals surface area contributed by atoms with Crippen LogP contribution in [0.3, 0.4) is 0 Å². The molecule has 0 aliphatic carbocycles. The van der Waals surface area contributed by atoms with Crippen LogP contribution in [0.1, 0.15) is 18.3 Å². The number of hydrogen-bond donors (Lipinski definition) is 1. The molecule has 1 aromatic heterocycles. The third kappa shape index (κ3) is 5.74. The van der Waals surface area contributed by atoms with Gasteiger partial charge in [-0.1, -0.05) is 53.7 Å². The van der Waals surface area contributed by atoms with Gasteiger partial charge >= 0.3 is 0 Å². The molecule has 28 heavy (non-hydrogen) atoms. The van der Waals surface area contributed by atoms with Crippen LogP contribution < -0.4 is 10.1 Å². The maximum atomic E-state index is 11.8. The van der Waals surface area contributed by atoms with E-state index < -0.39 is 0 Å². The number of amides is 1.